The summed E-state index contributed by atoms with van der Waals surface area (Å²) in [6, 6.07) is 7.71. The molecule has 7 heteroatoms. The summed E-state index contributed by atoms with van der Waals surface area (Å²) in [5.41, 5.74) is 1.35. The first-order chi connectivity index (χ1) is 10.6. The van der Waals surface area contributed by atoms with E-state index in [0.717, 1.165) is 11.3 Å². The van der Waals surface area contributed by atoms with Gasteiger partial charge in [-0.25, -0.2) is 18.9 Å². The first-order valence-corrected chi connectivity index (χ1v) is 7.00. The smallest absolute Gasteiger partial charge is 0.323 e. The summed E-state index contributed by atoms with van der Waals surface area (Å²) in [5.74, 6) is 0.796. The van der Waals surface area contributed by atoms with Crippen molar-refractivity contribution in [2.75, 3.05) is 7.11 Å². The molecule has 0 N–H and O–H groups in total. The molecule has 0 bridgehead atoms. The number of nitrogens with zero attached hydrogens (tertiary/aromatic N) is 4. The van der Waals surface area contributed by atoms with E-state index in [9.17, 15) is 4.79 Å². The first-order valence-electron chi connectivity index (χ1n) is 6.62. The number of aromatic nitrogens is 4. The summed E-state index contributed by atoms with van der Waals surface area (Å²) in [4.78, 5) is 20.3. The van der Waals surface area contributed by atoms with Crippen molar-refractivity contribution < 1.29 is 9.30 Å². The third-order valence-corrected chi connectivity index (χ3v) is 3.70. The third-order valence-electron chi connectivity index (χ3n) is 3.41. The van der Waals surface area contributed by atoms with Crippen molar-refractivity contribution >= 4 is 22.6 Å². The number of halogens is 1. The van der Waals surface area contributed by atoms with Gasteiger partial charge in [-0.05, 0) is 17.7 Å². The van der Waals surface area contributed by atoms with Gasteiger partial charge in [-0.1, -0.05) is 28.7 Å². The predicted octanol–water partition coefficient (Wildman–Crippen LogP) is 1.33. The highest BCUT2D eigenvalue weighted by molar-refractivity contribution is 6.33. The van der Waals surface area contributed by atoms with Gasteiger partial charge in [0, 0.05) is 0 Å². The Morgan fingerprint density at radius 3 is 2.68 bits per heavy atom. The molecule has 3 rings (SSSR count). The van der Waals surface area contributed by atoms with E-state index in [1.54, 1.807) is 20.5 Å². The van der Waals surface area contributed by atoms with Gasteiger partial charge in [0.25, 0.3) is 5.65 Å². The van der Waals surface area contributed by atoms with Crippen LogP contribution in [-0.4, -0.2) is 21.6 Å². The number of ether oxygens (including phenoxy) is 1. The first kappa shape index (κ1) is 14.5. The van der Waals surface area contributed by atoms with Crippen LogP contribution in [0.5, 0.6) is 5.75 Å². The van der Waals surface area contributed by atoms with Crippen molar-refractivity contribution in [2.24, 2.45) is 7.05 Å². The van der Waals surface area contributed by atoms with Crippen LogP contribution in [0.2, 0.25) is 5.15 Å². The van der Waals surface area contributed by atoms with Gasteiger partial charge in [0.1, 0.15) is 5.75 Å². The zero-order valence-corrected chi connectivity index (χ0v) is 12.9. The van der Waals surface area contributed by atoms with Crippen LogP contribution in [0.15, 0.2) is 41.7 Å². The Morgan fingerprint density at radius 2 is 2.00 bits per heavy atom. The van der Waals surface area contributed by atoms with Crippen LogP contribution in [0.4, 0.5) is 0 Å². The summed E-state index contributed by atoms with van der Waals surface area (Å²) in [5, 5.41) is 0.484. The molecule has 0 spiro atoms. The second-order valence-corrected chi connectivity index (χ2v) is 5.23. The van der Waals surface area contributed by atoms with Crippen LogP contribution in [0.25, 0.3) is 11.0 Å². The van der Waals surface area contributed by atoms with Crippen molar-refractivity contribution in [2.45, 2.75) is 6.54 Å². The highest BCUT2D eigenvalue weighted by atomic mass is 35.5. The van der Waals surface area contributed by atoms with Crippen LogP contribution < -0.4 is 14.9 Å². The molecule has 0 saturated carbocycles. The van der Waals surface area contributed by atoms with Crippen molar-refractivity contribution in [3.05, 3.63) is 58.0 Å². The van der Waals surface area contributed by atoms with Gasteiger partial charge in [0.05, 0.1) is 20.7 Å². The lowest BCUT2D eigenvalue weighted by atomic mass is 10.2. The molecule has 0 saturated heterocycles. The minimum absolute atomic E-state index is 0.162. The number of hydrogen-bond donors (Lipinski definition) is 0. The molecule has 0 radical (unpaired) electrons. The number of fused-ring (bicyclic) bond motifs is 1. The molecule has 2 aromatic heterocycles. The summed E-state index contributed by atoms with van der Waals surface area (Å²) in [7, 11) is 3.30. The lowest BCUT2D eigenvalue weighted by molar-refractivity contribution is -0.668. The molecule has 0 unspecified atom stereocenters. The fourth-order valence-electron chi connectivity index (χ4n) is 2.29. The molecule has 0 aliphatic heterocycles. The molecule has 0 fully saturated rings. The van der Waals surface area contributed by atoms with Crippen LogP contribution in [0.3, 0.4) is 0 Å². The molecular weight excluding hydrogens is 304 g/mol. The van der Waals surface area contributed by atoms with Crippen molar-refractivity contribution in [3.63, 3.8) is 0 Å². The van der Waals surface area contributed by atoms with Gasteiger partial charge in [0.2, 0.25) is 0 Å². The zero-order chi connectivity index (χ0) is 15.7. The maximum absolute atomic E-state index is 12.2. The largest absolute Gasteiger partial charge is 0.497 e. The van der Waals surface area contributed by atoms with Gasteiger partial charge >= 0.3 is 5.56 Å². The Hall–Kier alpha value is -2.47. The Balaban J connectivity index is 2.12. The van der Waals surface area contributed by atoms with Crippen LogP contribution >= 0.6 is 11.6 Å². The average molecular weight is 318 g/mol. The molecular formula is C15H14ClN4O2+. The summed E-state index contributed by atoms with van der Waals surface area (Å²) >= 11 is 6.05. The standard InChI is InChI=1S/C15H14ClN4O2/c1-19-9-20(7-10-3-5-11(22-2)6-4-10)14-12(15(19)21)13(16)17-8-18-14/h3-6,8-9H,7H2,1-2H3/q+1. The summed E-state index contributed by atoms with van der Waals surface area (Å²) in [6.07, 6.45) is 3.06. The van der Waals surface area contributed by atoms with Gasteiger partial charge in [-0.3, -0.25) is 0 Å². The normalized spacial score (nSPS) is 10.9. The second-order valence-electron chi connectivity index (χ2n) is 4.87. The lowest BCUT2D eigenvalue weighted by Gasteiger charge is -2.07. The maximum atomic E-state index is 12.2. The van der Waals surface area contributed by atoms with Gasteiger partial charge in [-0.2, -0.15) is 0 Å². The minimum atomic E-state index is -0.216. The van der Waals surface area contributed by atoms with E-state index in [4.69, 9.17) is 16.3 Å². The molecule has 22 heavy (non-hydrogen) atoms. The molecule has 0 atom stereocenters. The monoisotopic (exact) mass is 317 g/mol. The highest BCUT2D eigenvalue weighted by Gasteiger charge is 2.18. The number of hydrogen-bond acceptors (Lipinski definition) is 4. The van der Waals surface area contributed by atoms with Gasteiger partial charge < -0.3 is 4.74 Å². The second kappa shape index (κ2) is 5.73. The zero-order valence-electron chi connectivity index (χ0n) is 12.2. The van der Waals surface area contributed by atoms with E-state index in [2.05, 4.69) is 9.97 Å². The van der Waals surface area contributed by atoms with E-state index in [-0.39, 0.29) is 10.7 Å². The quantitative estimate of drug-likeness (QED) is 0.540. The van der Waals surface area contributed by atoms with Crippen molar-refractivity contribution in [1.29, 1.82) is 0 Å². The van der Waals surface area contributed by atoms with E-state index in [0.29, 0.717) is 17.6 Å². The van der Waals surface area contributed by atoms with Gasteiger partial charge in [0.15, 0.2) is 23.2 Å². The lowest BCUT2D eigenvalue weighted by Crippen LogP contribution is -2.41. The van der Waals surface area contributed by atoms with Crippen molar-refractivity contribution in [3.8, 4) is 5.75 Å². The van der Waals surface area contributed by atoms with E-state index in [1.165, 1.54) is 10.9 Å². The number of methoxy groups -OCH3 is 1. The van der Waals surface area contributed by atoms with Crippen LogP contribution in [-0.2, 0) is 13.6 Å². The van der Waals surface area contributed by atoms with E-state index < -0.39 is 0 Å². The number of benzene rings is 1. The Labute approximate surface area is 131 Å². The Bertz CT molecular complexity index is 890. The maximum Gasteiger partial charge on any atom is 0.323 e. The van der Waals surface area contributed by atoms with E-state index >= 15 is 0 Å². The SMILES string of the molecule is COc1ccc(C[n+]2cn(C)c(=O)c3c(Cl)ncnc32)cc1. The summed E-state index contributed by atoms with van der Waals surface area (Å²) < 4.78 is 8.49. The molecule has 3 aromatic rings. The topological polar surface area (TPSA) is 60.9 Å². The van der Waals surface area contributed by atoms with E-state index in [1.807, 2.05) is 28.8 Å². The molecule has 1 aromatic carbocycles. The molecule has 2 heterocycles. The summed E-state index contributed by atoms with van der Waals surface area (Å²) in [6.45, 7) is 0.557. The predicted molar refractivity (Wildman–Crippen MR) is 82.1 cm³/mol. The molecule has 0 aliphatic carbocycles. The van der Waals surface area contributed by atoms with Crippen LogP contribution in [0.1, 0.15) is 5.56 Å². The molecule has 0 amide bonds. The average Bonchev–Trinajstić information content (AvgIpc) is 2.53. The highest BCUT2D eigenvalue weighted by Crippen LogP contribution is 2.13. The van der Waals surface area contributed by atoms with Crippen molar-refractivity contribution in [1.82, 2.24) is 14.5 Å². The fraction of sp³-hybridized carbons (Fsp3) is 0.200. The third kappa shape index (κ3) is 2.53. The molecule has 6 nitrogen and oxygen atoms in total. The fourth-order valence-corrected chi connectivity index (χ4v) is 2.50. The molecule has 0 aliphatic rings. The minimum Gasteiger partial charge on any atom is -0.497 e. The number of aryl methyl sites for hydroxylation is 1. The molecule has 112 valence electrons. The Kier molecular flexibility index (Phi) is 3.77. The van der Waals surface area contributed by atoms with Gasteiger partial charge in [-0.15, -0.1) is 0 Å². The number of rotatable bonds is 3. The Morgan fingerprint density at radius 1 is 1.27 bits per heavy atom. The van der Waals surface area contributed by atoms with Crippen LogP contribution in [0, 0.1) is 0 Å².